The minimum absolute atomic E-state index is 0.0487. The Balaban J connectivity index is 1.50. The molecule has 1 aromatic heterocycles. The van der Waals surface area contributed by atoms with Crippen LogP contribution in [0.3, 0.4) is 0 Å². The van der Waals surface area contributed by atoms with Gasteiger partial charge in [0.05, 0.1) is 19.3 Å². The van der Waals surface area contributed by atoms with E-state index >= 15 is 0 Å². The Morgan fingerprint density at radius 1 is 1.17 bits per heavy atom. The van der Waals surface area contributed by atoms with Gasteiger partial charge in [-0.15, -0.1) is 0 Å². The summed E-state index contributed by atoms with van der Waals surface area (Å²) in [6.07, 6.45) is 0.321. The van der Waals surface area contributed by atoms with Crippen molar-refractivity contribution in [2.45, 2.75) is 26.4 Å². The van der Waals surface area contributed by atoms with Crippen molar-refractivity contribution in [3.8, 4) is 17.0 Å². The van der Waals surface area contributed by atoms with Crippen LogP contribution in [0.25, 0.3) is 11.3 Å². The van der Waals surface area contributed by atoms with Crippen LogP contribution in [0.15, 0.2) is 54.6 Å². The number of methoxy groups -OCH3 is 1. The number of aryl methyl sites for hydroxylation is 2. The van der Waals surface area contributed by atoms with Gasteiger partial charge >= 0.3 is 0 Å². The van der Waals surface area contributed by atoms with E-state index < -0.39 is 0 Å². The summed E-state index contributed by atoms with van der Waals surface area (Å²) in [7, 11) is 1.60. The predicted octanol–water partition coefficient (Wildman–Crippen LogP) is 2.92. The highest BCUT2D eigenvalue weighted by atomic mass is 16.5. The average Bonchev–Trinajstić information content (AvgIpc) is 3.19. The fourth-order valence-electron chi connectivity index (χ4n) is 3.66. The van der Waals surface area contributed by atoms with Gasteiger partial charge in [0, 0.05) is 30.2 Å². The monoisotopic (exact) mass is 404 g/mol. The van der Waals surface area contributed by atoms with Gasteiger partial charge in [-0.2, -0.15) is 5.10 Å². The minimum Gasteiger partial charge on any atom is -0.496 e. The number of nitrogens with one attached hydrogen (secondary N) is 1. The molecule has 154 valence electrons. The van der Waals surface area contributed by atoms with Gasteiger partial charge in [-0.1, -0.05) is 42.5 Å². The number of amides is 2. The Hall–Kier alpha value is -3.61. The molecular formula is C23H24N4O3. The van der Waals surface area contributed by atoms with Gasteiger partial charge in [0.15, 0.2) is 0 Å². The number of carbonyl (C=O) groups excluding carboxylic acids is 2. The lowest BCUT2D eigenvalue weighted by Gasteiger charge is -2.26. The predicted molar refractivity (Wildman–Crippen MR) is 114 cm³/mol. The Kier molecular flexibility index (Phi) is 5.52. The highest BCUT2D eigenvalue weighted by Gasteiger charge is 2.28. The Bertz CT molecular complexity index is 1090. The summed E-state index contributed by atoms with van der Waals surface area (Å²) in [4.78, 5) is 26.7. The van der Waals surface area contributed by atoms with Crippen LogP contribution in [-0.2, 0) is 22.7 Å². The van der Waals surface area contributed by atoms with Gasteiger partial charge < -0.3 is 10.1 Å². The van der Waals surface area contributed by atoms with E-state index in [2.05, 4.69) is 10.4 Å². The van der Waals surface area contributed by atoms with E-state index in [1.54, 1.807) is 11.8 Å². The molecule has 1 N–H and O–H groups in total. The molecule has 0 radical (unpaired) electrons. The number of hydrogen-bond acceptors (Lipinski definition) is 4. The summed E-state index contributed by atoms with van der Waals surface area (Å²) in [6.45, 7) is 2.83. The molecule has 2 amide bonds. The molecule has 0 spiro atoms. The first-order valence-electron chi connectivity index (χ1n) is 9.89. The number of para-hydroxylation sites is 1. The second-order valence-corrected chi connectivity index (χ2v) is 7.24. The largest absolute Gasteiger partial charge is 0.496 e. The Morgan fingerprint density at radius 2 is 1.93 bits per heavy atom. The van der Waals surface area contributed by atoms with Crippen molar-refractivity contribution in [2.75, 3.05) is 18.6 Å². The van der Waals surface area contributed by atoms with Gasteiger partial charge in [0.1, 0.15) is 18.1 Å². The number of benzene rings is 2. The summed E-state index contributed by atoms with van der Waals surface area (Å²) in [5.41, 5.74) is 3.82. The van der Waals surface area contributed by atoms with Crippen LogP contribution in [-0.4, -0.2) is 35.2 Å². The zero-order chi connectivity index (χ0) is 21.1. The summed E-state index contributed by atoms with van der Waals surface area (Å²) >= 11 is 0. The summed E-state index contributed by atoms with van der Waals surface area (Å²) in [5.74, 6) is 1.05. The molecule has 0 saturated heterocycles. The van der Waals surface area contributed by atoms with Crippen LogP contribution in [0.1, 0.15) is 17.5 Å². The van der Waals surface area contributed by atoms with Crippen molar-refractivity contribution in [1.29, 1.82) is 0 Å². The number of anilines is 1. The van der Waals surface area contributed by atoms with E-state index in [0.717, 1.165) is 22.4 Å². The smallest absolute Gasteiger partial charge is 0.240 e. The van der Waals surface area contributed by atoms with Crippen molar-refractivity contribution in [3.63, 3.8) is 0 Å². The lowest BCUT2D eigenvalue weighted by Crippen LogP contribution is -2.44. The van der Waals surface area contributed by atoms with Crippen LogP contribution >= 0.6 is 0 Å². The maximum Gasteiger partial charge on any atom is 0.240 e. The lowest BCUT2D eigenvalue weighted by atomic mass is 10.1. The van der Waals surface area contributed by atoms with E-state index in [1.165, 1.54) is 4.90 Å². The fraction of sp³-hybridized carbons (Fsp3) is 0.261. The van der Waals surface area contributed by atoms with E-state index in [4.69, 9.17) is 4.74 Å². The van der Waals surface area contributed by atoms with E-state index in [-0.39, 0.29) is 18.4 Å². The van der Waals surface area contributed by atoms with Gasteiger partial charge in [0.25, 0.3) is 0 Å². The van der Waals surface area contributed by atoms with Crippen molar-refractivity contribution >= 4 is 17.6 Å². The number of aromatic nitrogens is 2. The zero-order valence-electron chi connectivity index (χ0n) is 17.1. The molecule has 0 unspecified atom stereocenters. The topological polar surface area (TPSA) is 76.5 Å². The van der Waals surface area contributed by atoms with E-state index in [0.29, 0.717) is 31.1 Å². The number of hydrogen-bond donors (Lipinski definition) is 1. The van der Waals surface area contributed by atoms with Crippen molar-refractivity contribution < 1.29 is 14.3 Å². The molecule has 1 aliphatic rings. The molecular weight excluding hydrogens is 380 g/mol. The van der Waals surface area contributed by atoms with Gasteiger partial charge in [-0.25, -0.2) is 4.68 Å². The molecule has 0 fully saturated rings. The first kappa shape index (κ1) is 19.7. The van der Waals surface area contributed by atoms with Crippen LogP contribution < -0.4 is 15.0 Å². The second kappa shape index (κ2) is 8.41. The van der Waals surface area contributed by atoms with Crippen LogP contribution in [0, 0.1) is 6.92 Å². The summed E-state index contributed by atoms with van der Waals surface area (Å²) in [6, 6.07) is 17.4. The molecule has 2 aromatic carbocycles. The Labute approximate surface area is 175 Å². The number of nitrogens with zero attached hydrogens (tertiary/aromatic N) is 3. The summed E-state index contributed by atoms with van der Waals surface area (Å²) < 4.78 is 7.12. The van der Waals surface area contributed by atoms with Crippen molar-refractivity contribution in [3.05, 3.63) is 65.7 Å². The molecule has 30 heavy (non-hydrogen) atoms. The third-order valence-corrected chi connectivity index (χ3v) is 5.27. The third-order valence-electron chi connectivity index (χ3n) is 5.27. The third kappa shape index (κ3) is 3.91. The van der Waals surface area contributed by atoms with Crippen molar-refractivity contribution in [2.24, 2.45) is 0 Å². The minimum atomic E-state index is -0.235. The summed E-state index contributed by atoms with van der Waals surface area (Å²) in [5, 5.41) is 7.54. The van der Waals surface area contributed by atoms with E-state index in [9.17, 15) is 9.59 Å². The maximum atomic E-state index is 12.6. The molecule has 7 heteroatoms. The molecule has 0 saturated carbocycles. The molecule has 7 nitrogen and oxygen atoms in total. The molecule has 4 rings (SSSR count). The SMILES string of the molecule is COc1ccccc1CNC(=O)CN1C(=O)CCn2nc(-c3ccccc3C)cc21. The highest BCUT2D eigenvalue weighted by Crippen LogP contribution is 2.29. The first-order valence-corrected chi connectivity index (χ1v) is 9.89. The molecule has 2 heterocycles. The zero-order valence-corrected chi connectivity index (χ0v) is 17.1. The van der Waals surface area contributed by atoms with Gasteiger partial charge in [-0.3, -0.25) is 14.5 Å². The quantitative estimate of drug-likeness (QED) is 0.685. The van der Waals surface area contributed by atoms with Crippen LogP contribution in [0.5, 0.6) is 5.75 Å². The number of fused-ring (bicyclic) bond motifs is 1. The number of ether oxygens (including phenoxy) is 1. The average molecular weight is 404 g/mol. The van der Waals surface area contributed by atoms with Gasteiger partial charge in [-0.05, 0) is 18.6 Å². The van der Waals surface area contributed by atoms with Gasteiger partial charge in [0.2, 0.25) is 11.8 Å². The molecule has 0 aliphatic carbocycles. The molecule has 1 aliphatic heterocycles. The number of rotatable bonds is 6. The Morgan fingerprint density at radius 3 is 2.73 bits per heavy atom. The molecule has 0 bridgehead atoms. The fourth-order valence-corrected chi connectivity index (χ4v) is 3.66. The van der Waals surface area contributed by atoms with E-state index in [1.807, 2.05) is 61.5 Å². The standard InChI is InChI=1S/C23H24N4O3/c1-16-7-3-5-9-18(16)19-13-22-26(23(29)11-12-27(22)25-19)15-21(28)24-14-17-8-4-6-10-20(17)30-2/h3-10,13H,11-12,14-15H2,1-2H3,(H,24,28). The maximum absolute atomic E-state index is 12.6. The normalized spacial score (nSPS) is 13.1. The molecule has 0 atom stereocenters. The second-order valence-electron chi connectivity index (χ2n) is 7.24. The van der Waals surface area contributed by atoms with Crippen molar-refractivity contribution in [1.82, 2.24) is 15.1 Å². The van der Waals surface area contributed by atoms with Crippen LogP contribution in [0.2, 0.25) is 0 Å². The molecule has 3 aromatic rings. The lowest BCUT2D eigenvalue weighted by molar-refractivity contribution is -0.124. The first-order chi connectivity index (χ1) is 14.6. The number of carbonyl (C=O) groups is 2. The highest BCUT2D eigenvalue weighted by molar-refractivity contribution is 5.99. The van der Waals surface area contributed by atoms with Crippen LogP contribution in [0.4, 0.5) is 5.82 Å².